The molecule has 1 unspecified atom stereocenters. The topological polar surface area (TPSA) is 47.8 Å². The van der Waals surface area contributed by atoms with Crippen molar-refractivity contribution in [1.29, 1.82) is 0 Å². The second-order valence-electron chi connectivity index (χ2n) is 10.5. The fraction of sp³-hybridized carbons (Fsp3) is 0. The van der Waals surface area contributed by atoms with Gasteiger partial charge in [-0.2, -0.15) is 0 Å². The maximum Gasteiger partial charge on any atom is 0.172 e. The largest absolute Gasteiger partial charge is 0.309 e. The van der Waals surface area contributed by atoms with Gasteiger partial charge in [-0.05, 0) is 41.5 Å². The third-order valence-corrected chi connectivity index (χ3v) is 11.7. The van der Waals surface area contributed by atoms with Gasteiger partial charge >= 0.3 is 0 Å². The summed E-state index contributed by atoms with van der Waals surface area (Å²) < 4.78 is 17.9. The highest BCUT2D eigenvalue weighted by Crippen LogP contribution is 2.55. The molecule has 5 heteroatoms. The van der Waals surface area contributed by atoms with Crippen LogP contribution in [0.5, 0.6) is 0 Å². The number of pyridine rings is 2. The van der Waals surface area contributed by atoms with Crippen LogP contribution < -0.4 is 15.9 Å². The van der Waals surface area contributed by atoms with E-state index in [9.17, 15) is 0 Å². The first-order valence-corrected chi connectivity index (χ1v) is 15.4. The monoisotopic (exact) mass is 543 g/mol. The minimum absolute atomic E-state index is 0.863. The molecule has 4 heterocycles. The highest BCUT2D eigenvalue weighted by atomic mass is 31.2. The first kappa shape index (κ1) is 22.7. The molecule has 4 nitrogen and oxygen atoms in total. The normalized spacial score (nSPS) is 16.0. The van der Waals surface area contributed by atoms with Gasteiger partial charge in [0.15, 0.2) is 7.14 Å². The minimum atomic E-state index is -3.15. The maximum absolute atomic E-state index is 15.6. The zero-order chi connectivity index (χ0) is 27.1. The van der Waals surface area contributed by atoms with Gasteiger partial charge in [-0.25, -0.2) is 0 Å². The van der Waals surface area contributed by atoms with E-state index < -0.39 is 7.14 Å². The van der Waals surface area contributed by atoms with E-state index in [4.69, 9.17) is 4.98 Å². The fourth-order valence-electron chi connectivity index (χ4n) is 6.78. The van der Waals surface area contributed by atoms with Gasteiger partial charge in [0, 0.05) is 49.9 Å². The van der Waals surface area contributed by atoms with Crippen molar-refractivity contribution in [3.63, 3.8) is 0 Å². The van der Waals surface area contributed by atoms with Crippen LogP contribution in [0, 0.1) is 0 Å². The summed E-state index contributed by atoms with van der Waals surface area (Å²) in [6, 6.07) is 41.3. The first-order valence-electron chi connectivity index (χ1n) is 13.7. The van der Waals surface area contributed by atoms with Gasteiger partial charge in [-0.15, -0.1) is 0 Å². The Hall–Kier alpha value is -5.05. The number of hydrogen-bond acceptors (Lipinski definition) is 3. The molecule has 0 spiro atoms. The molecule has 1 aliphatic rings. The van der Waals surface area contributed by atoms with Crippen LogP contribution in [0.1, 0.15) is 0 Å². The molecule has 0 bridgehead atoms. The molecular weight excluding hydrogens is 521 g/mol. The lowest BCUT2D eigenvalue weighted by Crippen LogP contribution is -2.21. The molecule has 1 atom stereocenters. The number of hydrogen-bond donors (Lipinski definition) is 0. The van der Waals surface area contributed by atoms with Crippen LogP contribution in [0.25, 0.3) is 60.4 Å². The number of fused-ring (bicyclic) bond motifs is 10. The summed E-state index contributed by atoms with van der Waals surface area (Å²) in [4.78, 5) is 9.44. The average Bonchev–Trinajstić information content (AvgIpc) is 3.51. The summed E-state index contributed by atoms with van der Waals surface area (Å²) in [6.45, 7) is 0. The Morgan fingerprint density at radius 1 is 0.561 bits per heavy atom. The van der Waals surface area contributed by atoms with E-state index >= 15 is 4.57 Å². The first-order chi connectivity index (χ1) is 20.2. The highest BCUT2D eigenvalue weighted by Gasteiger charge is 2.42. The summed E-state index contributed by atoms with van der Waals surface area (Å²) in [7, 11) is -3.15. The van der Waals surface area contributed by atoms with Crippen LogP contribution in [-0.4, -0.2) is 14.5 Å². The van der Waals surface area contributed by atoms with E-state index in [-0.39, 0.29) is 0 Å². The van der Waals surface area contributed by atoms with Crippen LogP contribution in [0.2, 0.25) is 0 Å². The van der Waals surface area contributed by atoms with Gasteiger partial charge in [0.25, 0.3) is 0 Å². The zero-order valence-corrected chi connectivity index (χ0v) is 22.8. The third-order valence-electron chi connectivity index (χ3n) is 8.48. The summed E-state index contributed by atoms with van der Waals surface area (Å²) >= 11 is 0. The van der Waals surface area contributed by atoms with Crippen LogP contribution in [0.4, 0.5) is 0 Å². The Labute approximate surface area is 235 Å². The number of para-hydroxylation sites is 1. The molecule has 41 heavy (non-hydrogen) atoms. The van der Waals surface area contributed by atoms with Crippen molar-refractivity contribution in [3.05, 3.63) is 134 Å². The summed E-state index contributed by atoms with van der Waals surface area (Å²) in [5.74, 6) is 0. The molecule has 0 saturated carbocycles. The number of rotatable bonds is 2. The summed E-state index contributed by atoms with van der Waals surface area (Å²) in [5, 5.41) is 6.93. The van der Waals surface area contributed by atoms with Crippen molar-refractivity contribution < 1.29 is 4.57 Å². The smallest absolute Gasteiger partial charge is 0.172 e. The molecular formula is C36H22N3OP. The second kappa shape index (κ2) is 8.23. The Balaban J connectivity index is 1.46. The second-order valence-corrected chi connectivity index (χ2v) is 13.2. The Bertz CT molecular complexity index is 2410. The third kappa shape index (κ3) is 2.92. The van der Waals surface area contributed by atoms with Crippen molar-refractivity contribution in [1.82, 2.24) is 14.5 Å². The Morgan fingerprint density at radius 3 is 2.29 bits per heavy atom. The summed E-state index contributed by atoms with van der Waals surface area (Å²) in [5.41, 5.74) is 6.99. The van der Waals surface area contributed by atoms with E-state index in [1.54, 1.807) is 0 Å². The fourth-order valence-corrected chi connectivity index (χ4v) is 10.1. The van der Waals surface area contributed by atoms with E-state index in [1.165, 1.54) is 0 Å². The van der Waals surface area contributed by atoms with Gasteiger partial charge in [0.1, 0.15) is 0 Å². The number of nitrogens with zero attached hydrogens (tertiary/aromatic N) is 3. The number of aromatic nitrogens is 3. The molecule has 0 saturated heterocycles. The molecule has 0 amide bonds. The molecule has 9 rings (SSSR count). The standard InChI is InChI=1S/C36H22N3OP/c40-41(24-10-2-1-3-11-24)32-15-7-5-12-25(32)26-18-19-31-33(36(26)41)27-13-4-6-14-29(27)39(31)30-20-22-38-35-28(30)17-16-23-9-8-21-37-34(23)35/h1-22H. The molecule has 0 fully saturated rings. The van der Waals surface area contributed by atoms with E-state index in [0.717, 1.165) is 76.3 Å². The van der Waals surface area contributed by atoms with Crippen molar-refractivity contribution in [2.24, 2.45) is 0 Å². The van der Waals surface area contributed by atoms with Gasteiger partial charge in [0.2, 0.25) is 0 Å². The predicted molar refractivity (Wildman–Crippen MR) is 170 cm³/mol. The molecule has 192 valence electrons. The van der Waals surface area contributed by atoms with Gasteiger partial charge < -0.3 is 9.13 Å². The SMILES string of the molecule is O=P1(c2ccccc2)c2ccccc2-c2ccc3c(c21)c1ccccc1n3-c1ccnc2c1ccc1cccnc12. The lowest BCUT2D eigenvalue weighted by molar-refractivity contribution is 0.593. The molecule has 1 aliphatic heterocycles. The zero-order valence-electron chi connectivity index (χ0n) is 21.9. The van der Waals surface area contributed by atoms with Crippen molar-refractivity contribution >= 4 is 66.7 Å². The van der Waals surface area contributed by atoms with Crippen molar-refractivity contribution in [2.45, 2.75) is 0 Å². The summed E-state index contributed by atoms with van der Waals surface area (Å²) in [6.07, 6.45) is 3.68. The van der Waals surface area contributed by atoms with Crippen LogP contribution in [-0.2, 0) is 4.57 Å². The lowest BCUT2D eigenvalue weighted by atomic mass is 10.0. The van der Waals surface area contributed by atoms with Gasteiger partial charge in [-0.3, -0.25) is 9.97 Å². The average molecular weight is 544 g/mol. The minimum Gasteiger partial charge on any atom is -0.309 e. The van der Waals surface area contributed by atoms with Crippen molar-refractivity contribution in [3.8, 4) is 16.8 Å². The van der Waals surface area contributed by atoms with Crippen LogP contribution >= 0.6 is 7.14 Å². The predicted octanol–water partition coefficient (Wildman–Crippen LogP) is 7.50. The van der Waals surface area contributed by atoms with E-state index in [0.29, 0.717) is 0 Å². The molecule has 8 aromatic rings. The van der Waals surface area contributed by atoms with Gasteiger partial charge in [-0.1, -0.05) is 91.0 Å². The molecule has 3 aromatic heterocycles. The van der Waals surface area contributed by atoms with Crippen molar-refractivity contribution in [2.75, 3.05) is 0 Å². The Kier molecular flexibility index (Phi) is 4.57. The van der Waals surface area contributed by atoms with Crippen LogP contribution in [0.3, 0.4) is 0 Å². The van der Waals surface area contributed by atoms with E-state index in [2.05, 4.69) is 76.3 Å². The van der Waals surface area contributed by atoms with Crippen LogP contribution in [0.15, 0.2) is 134 Å². The number of benzene rings is 5. The highest BCUT2D eigenvalue weighted by molar-refractivity contribution is 7.86. The Morgan fingerprint density at radius 2 is 1.37 bits per heavy atom. The molecule has 0 aliphatic carbocycles. The van der Waals surface area contributed by atoms with E-state index in [1.807, 2.05) is 67.0 Å². The maximum atomic E-state index is 15.6. The quantitative estimate of drug-likeness (QED) is 0.168. The molecule has 0 radical (unpaired) electrons. The molecule has 5 aromatic carbocycles. The lowest BCUT2D eigenvalue weighted by Gasteiger charge is -2.17. The van der Waals surface area contributed by atoms with Gasteiger partial charge in [0.05, 0.1) is 27.8 Å². The molecule has 0 N–H and O–H groups in total.